The number of anilines is 1. The van der Waals surface area contributed by atoms with E-state index in [1.165, 1.54) is 23.5 Å². The second kappa shape index (κ2) is 7.15. The first-order valence-electron chi connectivity index (χ1n) is 8.02. The van der Waals surface area contributed by atoms with Gasteiger partial charge in [-0.15, -0.1) is 11.3 Å². The maximum Gasteiger partial charge on any atom is 0.229 e. The van der Waals surface area contributed by atoms with Gasteiger partial charge in [0, 0.05) is 16.1 Å². The Morgan fingerprint density at radius 1 is 1.08 bits per heavy atom. The van der Waals surface area contributed by atoms with Crippen LogP contribution < -0.4 is 5.32 Å². The Balaban J connectivity index is 1.83. The van der Waals surface area contributed by atoms with Gasteiger partial charge in [-0.05, 0) is 56.2 Å². The molecule has 25 heavy (non-hydrogen) atoms. The number of carbonyl (C=O) groups is 1. The molecule has 0 atom stereocenters. The van der Waals surface area contributed by atoms with E-state index in [9.17, 15) is 9.18 Å². The molecule has 3 rings (SSSR count). The van der Waals surface area contributed by atoms with Crippen molar-refractivity contribution in [2.24, 2.45) is 0 Å². The average Bonchev–Trinajstić information content (AvgIpc) is 2.92. The number of amides is 1. The molecule has 1 heterocycles. The first kappa shape index (κ1) is 17.3. The number of nitrogens with one attached hydrogen (secondary N) is 1. The van der Waals surface area contributed by atoms with Gasteiger partial charge >= 0.3 is 0 Å². The van der Waals surface area contributed by atoms with Crippen molar-refractivity contribution in [3.8, 4) is 11.3 Å². The van der Waals surface area contributed by atoms with Crippen molar-refractivity contribution in [3.63, 3.8) is 0 Å². The zero-order valence-electron chi connectivity index (χ0n) is 14.4. The SMILES string of the molecule is Cc1nc(-c2ccc(F)cc2)c(CC(=O)Nc2c(C)cccc2C)s1. The molecule has 0 unspecified atom stereocenters. The van der Waals surface area contributed by atoms with E-state index in [2.05, 4.69) is 10.3 Å². The first-order valence-corrected chi connectivity index (χ1v) is 8.84. The number of benzene rings is 2. The maximum atomic E-state index is 13.2. The van der Waals surface area contributed by atoms with Gasteiger partial charge < -0.3 is 5.32 Å². The highest BCUT2D eigenvalue weighted by atomic mass is 32.1. The van der Waals surface area contributed by atoms with Crippen LogP contribution in [0.2, 0.25) is 0 Å². The largest absolute Gasteiger partial charge is 0.325 e. The summed E-state index contributed by atoms with van der Waals surface area (Å²) in [5, 5.41) is 3.89. The smallest absolute Gasteiger partial charge is 0.229 e. The van der Waals surface area contributed by atoms with Crippen LogP contribution in [-0.2, 0) is 11.2 Å². The summed E-state index contributed by atoms with van der Waals surface area (Å²) in [4.78, 5) is 17.9. The number of thiazole rings is 1. The van der Waals surface area contributed by atoms with E-state index >= 15 is 0 Å². The second-order valence-electron chi connectivity index (χ2n) is 6.00. The minimum absolute atomic E-state index is 0.0792. The fourth-order valence-electron chi connectivity index (χ4n) is 2.76. The minimum atomic E-state index is -0.287. The highest BCUT2D eigenvalue weighted by molar-refractivity contribution is 7.12. The number of aryl methyl sites for hydroxylation is 3. The summed E-state index contributed by atoms with van der Waals surface area (Å²) >= 11 is 1.49. The molecule has 0 fully saturated rings. The predicted octanol–water partition coefficient (Wildman–Crippen LogP) is 5.06. The van der Waals surface area contributed by atoms with E-state index in [1.54, 1.807) is 12.1 Å². The standard InChI is InChI=1S/C20H19FN2OS/c1-12-5-4-6-13(2)19(12)23-18(24)11-17-20(22-14(3)25-17)15-7-9-16(21)10-8-15/h4-10H,11H2,1-3H3,(H,23,24). The summed E-state index contributed by atoms with van der Waals surface area (Å²) in [6.07, 6.45) is 0.242. The Bertz CT molecular complexity index is 896. The molecule has 0 aliphatic heterocycles. The van der Waals surface area contributed by atoms with Crippen molar-refractivity contribution in [2.75, 3.05) is 5.32 Å². The zero-order valence-corrected chi connectivity index (χ0v) is 15.2. The lowest BCUT2D eigenvalue weighted by Gasteiger charge is -2.11. The Morgan fingerprint density at radius 2 is 1.72 bits per heavy atom. The molecule has 5 heteroatoms. The zero-order chi connectivity index (χ0) is 18.0. The summed E-state index contributed by atoms with van der Waals surface area (Å²) in [6, 6.07) is 12.1. The third kappa shape index (κ3) is 3.94. The van der Waals surface area contributed by atoms with E-state index in [-0.39, 0.29) is 18.1 Å². The number of hydrogen-bond donors (Lipinski definition) is 1. The lowest BCUT2D eigenvalue weighted by Crippen LogP contribution is -2.15. The van der Waals surface area contributed by atoms with Crippen LogP contribution in [0.1, 0.15) is 21.0 Å². The number of para-hydroxylation sites is 1. The number of nitrogens with zero attached hydrogens (tertiary/aromatic N) is 1. The number of rotatable bonds is 4. The van der Waals surface area contributed by atoms with Crippen molar-refractivity contribution in [1.29, 1.82) is 0 Å². The molecule has 3 nitrogen and oxygen atoms in total. The number of carbonyl (C=O) groups excluding carboxylic acids is 1. The highest BCUT2D eigenvalue weighted by Gasteiger charge is 2.16. The predicted molar refractivity (Wildman–Crippen MR) is 100 cm³/mol. The molecule has 1 aromatic heterocycles. The van der Waals surface area contributed by atoms with E-state index < -0.39 is 0 Å². The van der Waals surface area contributed by atoms with Crippen molar-refractivity contribution < 1.29 is 9.18 Å². The average molecular weight is 354 g/mol. The highest BCUT2D eigenvalue weighted by Crippen LogP contribution is 2.29. The monoisotopic (exact) mass is 354 g/mol. The molecule has 2 aromatic carbocycles. The fourth-order valence-corrected chi connectivity index (χ4v) is 3.72. The number of halogens is 1. The van der Waals surface area contributed by atoms with Crippen LogP contribution in [0.15, 0.2) is 42.5 Å². The van der Waals surface area contributed by atoms with Gasteiger partial charge in [0.15, 0.2) is 0 Å². The summed E-state index contributed by atoms with van der Waals surface area (Å²) in [5.41, 5.74) is 4.50. The van der Waals surface area contributed by atoms with Crippen LogP contribution in [0.5, 0.6) is 0 Å². The van der Waals surface area contributed by atoms with Crippen LogP contribution in [0.4, 0.5) is 10.1 Å². The number of hydrogen-bond acceptors (Lipinski definition) is 3. The van der Waals surface area contributed by atoms with Gasteiger partial charge in [0.2, 0.25) is 5.91 Å². The van der Waals surface area contributed by atoms with Gasteiger partial charge in [-0.1, -0.05) is 18.2 Å². The quantitative estimate of drug-likeness (QED) is 0.712. The molecule has 0 saturated heterocycles. The molecule has 0 spiro atoms. The van der Waals surface area contributed by atoms with Gasteiger partial charge in [-0.2, -0.15) is 0 Å². The molecule has 0 radical (unpaired) electrons. The summed E-state index contributed by atoms with van der Waals surface area (Å²) in [5.74, 6) is -0.366. The Labute approximate surface area is 150 Å². The normalized spacial score (nSPS) is 10.7. The van der Waals surface area contributed by atoms with Crippen LogP contribution in [0.25, 0.3) is 11.3 Å². The second-order valence-corrected chi connectivity index (χ2v) is 7.29. The topological polar surface area (TPSA) is 42.0 Å². The Morgan fingerprint density at radius 3 is 2.36 bits per heavy atom. The lowest BCUT2D eigenvalue weighted by atomic mass is 10.1. The van der Waals surface area contributed by atoms with Gasteiger partial charge in [0.05, 0.1) is 17.1 Å². The molecular weight excluding hydrogens is 335 g/mol. The molecule has 1 N–H and O–H groups in total. The van der Waals surface area contributed by atoms with Gasteiger partial charge in [0.25, 0.3) is 0 Å². The Hall–Kier alpha value is -2.53. The van der Waals surface area contributed by atoms with Crippen LogP contribution in [0.3, 0.4) is 0 Å². The van der Waals surface area contributed by atoms with E-state index in [1.807, 2.05) is 39.0 Å². The van der Waals surface area contributed by atoms with Gasteiger partial charge in [-0.25, -0.2) is 9.37 Å². The van der Waals surface area contributed by atoms with Crippen molar-refractivity contribution in [2.45, 2.75) is 27.2 Å². The van der Waals surface area contributed by atoms with Crippen molar-refractivity contribution >= 4 is 22.9 Å². The lowest BCUT2D eigenvalue weighted by molar-refractivity contribution is -0.115. The Kier molecular flexibility index (Phi) is 4.95. The van der Waals surface area contributed by atoms with Gasteiger partial charge in [0.1, 0.15) is 5.82 Å². The van der Waals surface area contributed by atoms with Gasteiger partial charge in [-0.3, -0.25) is 4.79 Å². The van der Waals surface area contributed by atoms with Crippen molar-refractivity contribution in [1.82, 2.24) is 4.98 Å². The molecule has 0 bridgehead atoms. The van der Waals surface area contributed by atoms with E-state index in [0.717, 1.165) is 38.0 Å². The van der Waals surface area contributed by atoms with Crippen LogP contribution in [-0.4, -0.2) is 10.9 Å². The maximum absolute atomic E-state index is 13.2. The third-order valence-electron chi connectivity index (χ3n) is 3.99. The molecule has 0 aliphatic carbocycles. The minimum Gasteiger partial charge on any atom is -0.325 e. The van der Waals surface area contributed by atoms with E-state index in [0.29, 0.717) is 0 Å². The first-order chi connectivity index (χ1) is 11.9. The molecule has 0 saturated carbocycles. The van der Waals surface area contributed by atoms with Crippen LogP contribution in [0, 0.1) is 26.6 Å². The fraction of sp³-hybridized carbons (Fsp3) is 0.200. The third-order valence-corrected chi connectivity index (χ3v) is 4.96. The molecular formula is C20H19FN2OS. The van der Waals surface area contributed by atoms with E-state index in [4.69, 9.17) is 0 Å². The molecule has 0 aliphatic rings. The molecule has 3 aromatic rings. The number of aromatic nitrogens is 1. The summed E-state index contributed by atoms with van der Waals surface area (Å²) < 4.78 is 13.2. The van der Waals surface area contributed by atoms with Crippen LogP contribution >= 0.6 is 11.3 Å². The summed E-state index contributed by atoms with van der Waals surface area (Å²) in [7, 11) is 0. The molecule has 1 amide bonds. The van der Waals surface area contributed by atoms with Crippen molar-refractivity contribution in [3.05, 3.63) is 69.3 Å². The summed E-state index contributed by atoms with van der Waals surface area (Å²) in [6.45, 7) is 5.86. The molecule has 128 valence electrons.